The second kappa shape index (κ2) is 5.65. The summed E-state index contributed by atoms with van der Waals surface area (Å²) in [5, 5.41) is 6.50. The predicted molar refractivity (Wildman–Crippen MR) is 66.6 cm³/mol. The van der Waals surface area contributed by atoms with Crippen molar-refractivity contribution in [1.29, 1.82) is 0 Å². The molecule has 17 heavy (non-hydrogen) atoms. The molecule has 2 heterocycles. The van der Waals surface area contributed by atoms with Crippen LogP contribution in [0.3, 0.4) is 0 Å². The summed E-state index contributed by atoms with van der Waals surface area (Å²) in [5.41, 5.74) is 0. The Morgan fingerprint density at radius 2 is 2.29 bits per heavy atom. The maximum absolute atomic E-state index is 12.2. The molecule has 2 bridgehead atoms. The minimum absolute atomic E-state index is 0.0526. The van der Waals surface area contributed by atoms with E-state index in [1.54, 1.807) is 7.11 Å². The average molecular weight is 238 g/mol. The monoisotopic (exact) mass is 238 g/mol. The molecule has 0 aromatic rings. The Hall–Kier alpha value is -0.870. The van der Waals surface area contributed by atoms with Crippen LogP contribution in [0, 0.1) is 11.8 Å². The number of hydrogen-bond donors (Lipinski definition) is 2. The zero-order valence-corrected chi connectivity index (χ0v) is 10.4. The van der Waals surface area contributed by atoms with Crippen molar-refractivity contribution in [2.24, 2.45) is 11.8 Å². The van der Waals surface area contributed by atoms with Crippen molar-refractivity contribution in [3.05, 3.63) is 12.7 Å². The molecular weight excluding hydrogens is 216 g/mol. The summed E-state index contributed by atoms with van der Waals surface area (Å²) in [7, 11) is 1.64. The van der Waals surface area contributed by atoms with Gasteiger partial charge in [-0.05, 0) is 12.8 Å². The van der Waals surface area contributed by atoms with Gasteiger partial charge in [0, 0.05) is 31.7 Å². The Labute approximate surface area is 103 Å². The molecule has 2 rings (SSSR count). The van der Waals surface area contributed by atoms with Crippen LogP contribution >= 0.6 is 0 Å². The summed E-state index contributed by atoms with van der Waals surface area (Å²) in [6.45, 7) is 5.05. The minimum atomic E-state index is 0.0526. The van der Waals surface area contributed by atoms with Crippen molar-refractivity contribution >= 4 is 5.91 Å². The summed E-state index contributed by atoms with van der Waals surface area (Å²) < 4.78 is 4.94. The molecule has 4 heteroatoms. The van der Waals surface area contributed by atoms with E-state index >= 15 is 0 Å². The van der Waals surface area contributed by atoms with Gasteiger partial charge < -0.3 is 15.4 Å². The fraction of sp³-hybridized carbons (Fsp3) is 0.769. The Bertz CT molecular complexity index is 293. The highest BCUT2D eigenvalue weighted by Gasteiger charge is 2.46. The Morgan fingerprint density at radius 1 is 1.53 bits per heavy atom. The zero-order valence-electron chi connectivity index (χ0n) is 10.4. The van der Waals surface area contributed by atoms with Crippen molar-refractivity contribution in [2.75, 3.05) is 20.3 Å². The topological polar surface area (TPSA) is 50.4 Å². The molecule has 2 unspecified atom stereocenters. The first kappa shape index (κ1) is 12.6. The van der Waals surface area contributed by atoms with Crippen molar-refractivity contribution in [2.45, 2.75) is 31.3 Å². The van der Waals surface area contributed by atoms with Crippen molar-refractivity contribution < 1.29 is 9.53 Å². The van der Waals surface area contributed by atoms with Crippen molar-refractivity contribution in [3.63, 3.8) is 0 Å². The fourth-order valence-corrected chi connectivity index (χ4v) is 3.17. The van der Waals surface area contributed by atoms with E-state index in [1.807, 2.05) is 6.08 Å². The minimum Gasteiger partial charge on any atom is -0.383 e. The van der Waals surface area contributed by atoms with Gasteiger partial charge in [-0.15, -0.1) is 6.58 Å². The maximum Gasteiger partial charge on any atom is 0.225 e. The lowest BCUT2D eigenvalue weighted by Gasteiger charge is -2.22. The molecule has 4 atom stereocenters. The third-order valence-corrected chi connectivity index (χ3v) is 3.95. The third-order valence-electron chi connectivity index (χ3n) is 3.95. The molecule has 0 spiro atoms. The van der Waals surface area contributed by atoms with Crippen LogP contribution in [-0.2, 0) is 9.53 Å². The molecular formula is C13H22N2O2. The van der Waals surface area contributed by atoms with E-state index in [0.717, 1.165) is 12.8 Å². The van der Waals surface area contributed by atoms with Gasteiger partial charge in [-0.25, -0.2) is 0 Å². The second-order valence-corrected chi connectivity index (χ2v) is 4.93. The number of methoxy groups -OCH3 is 1. The Balaban J connectivity index is 1.97. The molecule has 0 aromatic carbocycles. The molecule has 2 aliphatic heterocycles. The molecule has 0 aromatic heterocycles. The summed E-state index contributed by atoms with van der Waals surface area (Å²) >= 11 is 0. The van der Waals surface area contributed by atoms with Crippen molar-refractivity contribution in [1.82, 2.24) is 10.6 Å². The number of carbonyl (C=O) groups excluding carboxylic acids is 1. The number of ether oxygens (including phenoxy) is 1. The van der Waals surface area contributed by atoms with Gasteiger partial charge in [0.1, 0.15) is 0 Å². The second-order valence-electron chi connectivity index (χ2n) is 4.93. The van der Waals surface area contributed by atoms with E-state index in [1.165, 1.54) is 6.42 Å². The van der Waals surface area contributed by atoms with E-state index in [9.17, 15) is 4.79 Å². The summed E-state index contributed by atoms with van der Waals surface area (Å²) in [5.74, 6) is 0.482. The van der Waals surface area contributed by atoms with Crippen LogP contribution in [0.25, 0.3) is 0 Å². The fourth-order valence-electron chi connectivity index (χ4n) is 3.17. The van der Waals surface area contributed by atoms with Gasteiger partial charge in [0.25, 0.3) is 0 Å². The molecule has 0 radical (unpaired) electrons. The normalized spacial score (nSPS) is 35.6. The quantitative estimate of drug-likeness (QED) is 0.547. The number of fused-ring (bicyclic) bond motifs is 2. The van der Waals surface area contributed by atoms with Gasteiger partial charge in [-0.2, -0.15) is 0 Å². The van der Waals surface area contributed by atoms with E-state index in [-0.39, 0.29) is 17.7 Å². The zero-order chi connectivity index (χ0) is 12.3. The van der Waals surface area contributed by atoms with Gasteiger partial charge in [-0.1, -0.05) is 12.5 Å². The predicted octanol–water partition coefficient (Wildman–Crippen LogP) is 0.692. The van der Waals surface area contributed by atoms with Gasteiger partial charge in [0.2, 0.25) is 5.91 Å². The van der Waals surface area contributed by atoms with E-state index in [0.29, 0.717) is 25.2 Å². The molecule has 0 saturated carbocycles. The van der Waals surface area contributed by atoms with Gasteiger partial charge in [-0.3, -0.25) is 4.79 Å². The van der Waals surface area contributed by atoms with E-state index in [4.69, 9.17) is 4.74 Å². The lowest BCUT2D eigenvalue weighted by molar-refractivity contribution is -0.126. The van der Waals surface area contributed by atoms with Crippen LogP contribution in [0.5, 0.6) is 0 Å². The highest BCUT2D eigenvalue weighted by Crippen LogP contribution is 2.37. The van der Waals surface area contributed by atoms with Crippen molar-refractivity contribution in [3.8, 4) is 0 Å². The average Bonchev–Trinajstić information content (AvgIpc) is 2.60. The first-order valence-corrected chi connectivity index (χ1v) is 6.43. The highest BCUT2D eigenvalue weighted by molar-refractivity contribution is 5.80. The van der Waals surface area contributed by atoms with Gasteiger partial charge >= 0.3 is 0 Å². The molecule has 1 amide bonds. The number of hydrogen-bond acceptors (Lipinski definition) is 3. The lowest BCUT2D eigenvalue weighted by Crippen LogP contribution is -2.41. The van der Waals surface area contributed by atoms with Crippen LogP contribution < -0.4 is 10.6 Å². The van der Waals surface area contributed by atoms with Gasteiger partial charge in [0.15, 0.2) is 0 Å². The molecule has 2 saturated heterocycles. The van der Waals surface area contributed by atoms with Crippen LogP contribution in [0.4, 0.5) is 0 Å². The highest BCUT2D eigenvalue weighted by atomic mass is 16.5. The summed E-state index contributed by atoms with van der Waals surface area (Å²) in [6, 6.07) is 0.781. The SMILES string of the molecule is C=C[C@H]1C(C(=O)NCCOC)C2CCC[C@@H]1N2. The number of piperidine rings is 1. The molecule has 2 N–H and O–H groups in total. The first-order valence-electron chi connectivity index (χ1n) is 6.43. The Morgan fingerprint density at radius 3 is 3.00 bits per heavy atom. The third kappa shape index (κ3) is 2.53. The number of nitrogens with one attached hydrogen (secondary N) is 2. The number of amides is 1. The smallest absolute Gasteiger partial charge is 0.225 e. The van der Waals surface area contributed by atoms with E-state index < -0.39 is 0 Å². The van der Waals surface area contributed by atoms with Crippen LogP contribution in [-0.4, -0.2) is 38.3 Å². The first-order chi connectivity index (χ1) is 8.27. The maximum atomic E-state index is 12.2. The molecule has 96 valence electrons. The molecule has 2 fully saturated rings. The number of carbonyl (C=O) groups is 1. The molecule has 2 aliphatic rings. The molecule has 4 nitrogen and oxygen atoms in total. The van der Waals surface area contributed by atoms with Gasteiger partial charge in [0.05, 0.1) is 12.5 Å². The lowest BCUT2D eigenvalue weighted by atomic mass is 9.87. The summed E-state index contributed by atoms with van der Waals surface area (Å²) in [4.78, 5) is 12.2. The largest absolute Gasteiger partial charge is 0.383 e. The molecule has 0 aliphatic carbocycles. The van der Waals surface area contributed by atoms with E-state index in [2.05, 4.69) is 17.2 Å². The Kier molecular flexibility index (Phi) is 4.18. The standard InChI is InChI=1S/C13H22N2O2/c1-3-9-10-5-4-6-11(15-10)12(9)13(16)14-7-8-17-2/h3,9-12,15H,1,4-8H2,2H3,(H,14,16)/t9-,10+,11?,12?/m1/s1. The van der Waals surface area contributed by atoms with Crippen LogP contribution in [0.2, 0.25) is 0 Å². The summed E-state index contributed by atoms with van der Waals surface area (Å²) in [6.07, 6.45) is 5.43. The van der Waals surface area contributed by atoms with Crippen LogP contribution in [0.1, 0.15) is 19.3 Å². The van der Waals surface area contributed by atoms with Crippen LogP contribution in [0.15, 0.2) is 12.7 Å². The number of rotatable bonds is 5.